The van der Waals surface area contributed by atoms with Crippen LogP contribution in [0.3, 0.4) is 0 Å². The zero-order valence-electron chi connectivity index (χ0n) is 14.1. The molecule has 0 aliphatic rings. The molecule has 0 N–H and O–H groups in total. The van der Waals surface area contributed by atoms with Gasteiger partial charge in [-0.25, -0.2) is 0 Å². The third kappa shape index (κ3) is 4.45. The molecule has 2 aromatic carbocycles. The van der Waals surface area contributed by atoms with Gasteiger partial charge < -0.3 is 0 Å². The first-order valence-electron chi connectivity index (χ1n) is 8.00. The van der Waals surface area contributed by atoms with Gasteiger partial charge in [-0.1, -0.05) is 0 Å². The third-order valence-electron chi connectivity index (χ3n) is 4.10. The van der Waals surface area contributed by atoms with Crippen LogP contribution in [0.5, 0.6) is 0 Å². The van der Waals surface area contributed by atoms with Gasteiger partial charge in [0.2, 0.25) is 0 Å². The zero-order valence-corrected chi connectivity index (χ0v) is 16.3. The molecule has 2 aromatic rings. The average molecular weight is 405 g/mol. The van der Waals surface area contributed by atoms with Gasteiger partial charge >= 0.3 is 146 Å². The topological polar surface area (TPSA) is 0 Å². The van der Waals surface area contributed by atoms with E-state index >= 15 is 0 Å². The number of aryl methyl sites for hydroxylation is 1. The van der Waals surface area contributed by atoms with Gasteiger partial charge in [0, 0.05) is 0 Å². The van der Waals surface area contributed by atoms with E-state index in [0.717, 1.165) is 6.42 Å². The second kappa shape index (κ2) is 7.45. The Morgan fingerprint density at radius 3 is 1.86 bits per heavy atom. The van der Waals surface area contributed by atoms with Gasteiger partial charge in [-0.2, -0.15) is 0 Å². The Bertz CT molecular complexity index is 618. The van der Waals surface area contributed by atoms with Crippen LogP contribution in [0.2, 0.25) is 0 Å². The summed E-state index contributed by atoms with van der Waals surface area (Å²) in [4.78, 5) is 0. The van der Waals surface area contributed by atoms with Crippen LogP contribution in [0.15, 0.2) is 55.1 Å². The predicted octanol–water partition coefficient (Wildman–Crippen LogP) is 3.16. The fourth-order valence-corrected chi connectivity index (χ4v) is 5.02. The maximum absolute atomic E-state index is 4.33. The Hall–Kier alpha value is -1.09. The molecule has 0 saturated heterocycles. The molecule has 0 amide bonds. The molecule has 118 valence electrons. The van der Waals surface area contributed by atoms with E-state index in [1.807, 2.05) is 0 Å². The fourth-order valence-electron chi connectivity index (χ4n) is 2.21. The van der Waals surface area contributed by atoms with Gasteiger partial charge in [0.05, 0.1) is 0 Å². The number of alkyl halides is 1. The monoisotopic (exact) mass is 405 g/mol. The maximum atomic E-state index is 4.33. The van der Waals surface area contributed by atoms with Gasteiger partial charge in [-0.15, -0.1) is 0 Å². The molecular formula is C21H26I-. The quantitative estimate of drug-likeness (QED) is 0.512. The molecule has 2 rings (SSSR count). The summed E-state index contributed by atoms with van der Waals surface area (Å²) in [5.41, 5.74) is 5.27. The van der Waals surface area contributed by atoms with Crippen LogP contribution >= 0.6 is 0 Å². The summed E-state index contributed by atoms with van der Waals surface area (Å²) in [6.07, 6.45) is 2.32. The van der Waals surface area contributed by atoms with Gasteiger partial charge in [0.15, 0.2) is 0 Å². The second-order valence-electron chi connectivity index (χ2n) is 6.20. The Labute approximate surface area is 145 Å². The molecule has 0 spiro atoms. The molecule has 0 unspecified atom stereocenters. The summed E-state index contributed by atoms with van der Waals surface area (Å²) < 4.78 is 1.78. The minimum absolute atomic E-state index is 0.0294. The molecule has 0 aliphatic carbocycles. The van der Waals surface area contributed by atoms with Crippen molar-refractivity contribution in [3.05, 3.63) is 66.2 Å². The average Bonchev–Trinajstić information content (AvgIpc) is 2.55. The van der Waals surface area contributed by atoms with Crippen molar-refractivity contribution in [2.24, 2.45) is 0 Å². The summed E-state index contributed by atoms with van der Waals surface area (Å²) in [5, 5.41) is 0. The summed E-state index contributed by atoms with van der Waals surface area (Å²) in [6, 6.07) is 17.8. The summed E-state index contributed by atoms with van der Waals surface area (Å²) in [5.74, 6) is 0. The van der Waals surface area contributed by atoms with Crippen molar-refractivity contribution in [1.29, 1.82) is 0 Å². The van der Waals surface area contributed by atoms with Crippen LogP contribution in [0, 0.1) is 0 Å². The number of halogens is 1. The number of rotatable bonds is 6. The number of hydrogen-bond acceptors (Lipinski definition) is 0. The molecule has 0 aromatic heterocycles. The van der Waals surface area contributed by atoms with E-state index in [1.54, 1.807) is 0 Å². The standard InChI is InChI=1S/C21H26I/c1-6-17-8-10-19(11-9-17)20-14-12-18(13-15-20)16(3)22-21(4,5)7-2/h8-15H,3,6-7H2,1-2,4-5H3/q-1. The Balaban J connectivity index is 2.14. The van der Waals surface area contributed by atoms with Crippen molar-refractivity contribution in [3.8, 4) is 11.1 Å². The number of hydrogen-bond donors (Lipinski definition) is 0. The molecule has 0 saturated carbocycles. The van der Waals surface area contributed by atoms with E-state index in [2.05, 4.69) is 82.8 Å². The van der Waals surface area contributed by atoms with Crippen molar-refractivity contribution in [2.45, 2.75) is 44.0 Å². The molecule has 0 nitrogen and oxygen atoms in total. The van der Waals surface area contributed by atoms with Gasteiger partial charge in [-0.05, 0) is 0 Å². The first kappa shape index (κ1) is 17.3. The van der Waals surface area contributed by atoms with E-state index < -0.39 is 0 Å². The van der Waals surface area contributed by atoms with E-state index in [1.165, 1.54) is 32.3 Å². The van der Waals surface area contributed by atoms with Gasteiger partial charge in [-0.3, -0.25) is 0 Å². The Kier molecular flexibility index (Phi) is 5.85. The predicted molar refractivity (Wildman–Crippen MR) is 94.7 cm³/mol. The molecule has 0 heterocycles. The van der Waals surface area contributed by atoms with Crippen LogP contribution in [0.25, 0.3) is 14.7 Å². The number of benzene rings is 2. The molecule has 0 fully saturated rings. The van der Waals surface area contributed by atoms with Crippen LogP contribution in [-0.4, -0.2) is 3.42 Å². The van der Waals surface area contributed by atoms with Crippen LogP contribution in [0.1, 0.15) is 45.2 Å². The van der Waals surface area contributed by atoms with Crippen LogP contribution in [0.4, 0.5) is 0 Å². The van der Waals surface area contributed by atoms with E-state index in [4.69, 9.17) is 0 Å². The fraction of sp³-hybridized carbons (Fsp3) is 0.333. The SMILES string of the molecule is C=C([I-]C(C)(C)CC)c1ccc(-c2ccc(CC)cc2)cc1. The Morgan fingerprint density at radius 1 is 0.909 bits per heavy atom. The molecule has 0 radical (unpaired) electrons. The molecule has 22 heavy (non-hydrogen) atoms. The molecule has 0 atom stereocenters. The van der Waals surface area contributed by atoms with Crippen molar-refractivity contribution >= 4 is 3.58 Å². The van der Waals surface area contributed by atoms with Gasteiger partial charge in [0.1, 0.15) is 0 Å². The molecule has 0 aliphatic heterocycles. The van der Waals surface area contributed by atoms with Gasteiger partial charge in [0.25, 0.3) is 0 Å². The van der Waals surface area contributed by atoms with E-state index in [9.17, 15) is 0 Å². The molecule has 1 heteroatoms. The Morgan fingerprint density at radius 2 is 1.41 bits per heavy atom. The first-order chi connectivity index (χ1) is 10.4. The summed E-state index contributed by atoms with van der Waals surface area (Å²) in [6.45, 7) is 13.5. The molecular weight excluding hydrogens is 379 g/mol. The van der Waals surface area contributed by atoms with Crippen molar-refractivity contribution < 1.29 is 21.2 Å². The second-order valence-corrected chi connectivity index (χ2v) is 11.0. The van der Waals surface area contributed by atoms with E-state index in [-0.39, 0.29) is 21.2 Å². The summed E-state index contributed by atoms with van der Waals surface area (Å²) in [7, 11) is 0. The van der Waals surface area contributed by atoms with E-state index in [0.29, 0.717) is 3.42 Å². The summed E-state index contributed by atoms with van der Waals surface area (Å²) >= 11 is -0.0294. The van der Waals surface area contributed by atoms with Crippen molar-refractivity contribution in [1.82, 2.24) is 0 Å². The normalized spacial score (nSPS) is 11.6. The van der Waals surface area contributed by atoms with Crippen molar-refractivity contribution in [3.63, 3.8) is 0 Å². The van der Waals surface area contributed by atoms with Crippen molar-refractivity contribution in [2.75, 3.05) is 0 Å². The molecule has 0 bridgehead atoms. The first-order valence-corrected chi connectivity index (χ1v) is 10.2. The zero-order chi connectivity index (χ0) is 16.2. The minimum atomic E-state index is -0.0294. The van der Waals surface area contributed by atoms with Crippen LogP contribution in [-0.2, 0) is 6.42 Å². The third-order valence-corrected chi connectivity index (χ3v) is 7.60. The van der Waals surface area contributed by atoms with Crippen LogP contribution < -0.4 is 21.2 Å².